The summed E-state index contributed by atoms with van der Waals surface area (Å²) < 4.78 is 0. The second-order valence-corrected chi connectivity index (χ2v) is 4.86. The standard InChI is InChI=1S/C9H18N2/c1-8(2,3)11-6-9(4,5)10-7-11/h7H,6H2,1-5H3. The molecule has 0 aromatic heterocycles. The lowest BCUT2D eigenvalue weighted by molar-refractivity contribution is 0.233. The van der Waals surface area contributed by atoms with Gasteiger partial charge in [0.2, 0.25) is 0 Å². The first-order chi connectivity index (χ1) is 4.81. The quantitative estimate of drug-likeness (QED) is 0.520. The van der Waals surface area contributed by atoms with Crippen LogP contribution in [0.25, 0.3) is 0 Å². The zero-order chi connectivity index (χ0) is 8.70. The predicted octanol–water partition coefficient (Wildman–Crippen LogP) is 1.91. The van der Waals surface area contributed by atoms with E-state index in [4.69, 9.17) is 0 Å². The number of rotatable bonds is 0. The summed E-state index contributed by atoms with van der Waals surface area (Å²) in [6.45, 7) is 12.0. The van der Waals surface area contributed by atoms with Crippen molar-refractivity contribution < 1.29 is 0 Å². The Morgan fingerprint density at radius 1 is 1.36 bits per heavy atom. The summed E-state index contributed by atoms with van der Waals surface area (Å²) in [6.07, 6.45) is 1.97. The minimum absolute atomic E-state index is 0.118. The van der Waals surface area contributed by atoms with E-state index >= 15 is 0 Å². The van der Waals surface area contributed by atoms with Crippen LogP contribution in [0.1, 0.15) is 34.6 Å². The molecule has 1 rings (SSSR count). The molecule has 0 radical (unpaired) electrons. The highest BCUT2D eigenvalue weighted by molar-refractivity contribution is 5.60. The Bertz CT molecular complexity index is 174. The lowest BCUT2D eigenvalue weighted by Crippen LogP contribution is -2.42. The molecule has 11 heavy (non-hydrogen) atoms. The van der Waals surface area contributed by atoms with Crippen molar-refractivity contribution in [2.24, 2.45) is 4.99 Å². The van der Waals surface area contributed by atoms with Gasteiger partial charge in [0.25, 0.3) is 0 Å². The van der Waals surface area contributed by atoms with Crippen molar-refractivity contribution in [3.05, 3.63) is 0 Å². The van der Waals surface area contributed by atoms with Gasteiger partial charge in [0, 0.05) is 12.1 Å². The number of hydrogen-bond donors (Lipinski definition) is 0. The van der Waals surface area contributed by atoms with Crippen LogP contribution in [0.3, 0.4) is 0 Å². The monoisotopic (exact) mass is 154 g/mol. The summed E-state index contributed by atoms with van der Waals surface area (Å²) in [5, 5.41) is 0. The lowest BCUT2D eigenvalue weighted by atomic mass is 10.0. The van der Waals surface area contributed by atoms with Gasteiger partial charge in [-0.25, -0.2) is 0 Å². The third-order valence-electron chi connectivity index (χ3n) is 1.97. The summed E-state index contributed by atoms with van der Waals surface area (Å²) in [7, 11) is 0. The van der Waals surface area contributed by atoms with Crippen LogP contribution in [-0.4, -0.2) is 28.9 Å². The van der Waals surface area contributed by atoms with Gasteiger partial charge >= 0.3 is 0 Å². The van der Waals surface area contributed by atoms with Gasteiger partial charge in [-0.05, 0) is 34.6 Å². The molecule has 0 saturated heterocycles. The maximum absolute atomic E-state index is 4.42. The highest BCUT2D eigenvalue weighted by Crippen LogP contribution is 2.22. The molecule has 64 valence electrons. The topological polar surface area (TPSA) is 15.6 Å². The van der Waals surface area contributed by atoms with Crippen LogP contribution in [0.4, 0.5) is 0 Å². The van der Waals surface area contributed by atoms with Crippen molar-refractivity contribution in [2.45, 2.75) is 45.7 Å². The Balaban J connectivity index is 2.65. The van der Waals surface area contributed by atoms with Crippen LogP contribution >= 0.6 is 0 Å². The van der Waals surface area contributed by atoms with Crippen molar-refractivity contribution in [3.8, 4) is 0 Å². The number of hydrogen-bond acceptors (Lipinski definition) is 2. The Hall–Kier alpha value is -0.530. The molecule has 1 aliphatic rings. The van der Waals surface area contributed by atoms with Gasteiger partial charge < -0.3 is 4.90 Å². The van der Waals surface area contributed by atoms with Gasteiger partial charge in [0.15, 0.2) is 0 Å². The Morgan fingerprint density at radius 3 is 2.09 bits per heavy atom. The highest BCUT2D eigenvalue weighted by atomic mass is 15.3. The molecule has 0 unspecified atom stereocenters. The molecule has 0 aromatic rings. The van der Waals surface area contributed by atoms with Crippen LogP contribution in [0, 0.1) is 0 Å². The fourth-order valence-electron chi connectivity index (χ4n) is 1.13. The van der Waals surface area contributed by atoms with E-state index < -0.39 is 0 Å². The zero-order valence-electron chi connectivity index (χ0n) is 8.18. The van der Waals surface area contributed by atoms with Crippen LogP contribution in [0.5, 0.6) is 0 Å². The normalized spacial score (nSPS) is 22.8. The van der Waals surface area contributed by atoms with Gasteiger partial charge in [-0.2, -0.15) is 0 Å². The van der Waals surface area contributed by atoms with Gasteiger partial charge in [0.05, 0.1) is 11.9 Å². The van der Waals surface area contributed by atoms with Crippen molar-refractivity contribution in [1.29, 1.82) is 0 Å². The van der Waals surface area contributed by atoms with Crippen molar-refractivity contribution in [1.82, 2.24) is 4.90 Å². The minimum Gasteiger partial charge on any atom is -0.356 e. The van der Waals surface area contributed by atoms with E-state index in [1.54, 1.807) is 0 Å². The van der Waals surface area contributed by atoms with Crippen LogP contribution in [0.2, 0.25) is 0 Å². The average molecular weight is 154 g/mol. The average Bonchev–Trinajstić information content (AvgIpc) is 2.07. The molecule has 0 amide bonds. The third-order valence-corrected chi connectivity index (χ3v) is 1.97. The molecule has 0 bridgehead atoms. The third kappa shape index (κ3) is 1.95. The van der Waals surface area contributed by atoms with E-state index in [0.29, 0.717) is 0 Å². The second-order valence-electron chi connectivity index (χ2n) is 4.86. The zero-order valence-corrected chi connectivity index (χ0v) is 8.18. The minimum atomic E-state index is 0.118. The largest absolute Gasteiger partial charge is 0.356 e. The molecule has 1 aliphatic heterocycles. The lowest BCUT2D eigenvalue weighted by Gasteiger charge is -2.32. The maximum atomic E-state index is 4.42. The summed E-state index contributed by atoms with van der Waals surface area (Å²) in [5.74, 6) is 0. The summed E-state index contributed by atoms with van der Waals surface area (Å²) >= 11 is 0. The highest BCUT2D eigenvalue weighted by Gasteiger charge is 2.30. The van der Waals surface area contributed by atoms with Crippen LogP contribution < -0.4 is 0 Å². The molecule has 0 spiro atoms. The molecule has 2 heteroatoms. The Labute approximate surface area is 69.3 Å². The van der Waals surface area contributed by atoms with E-state index in [1.165, 1.54) is 0 Å². The van der Waals surface area contributed by atoms with E-state index in [2.05, 4.69) is 44.5 Å². The number of aliphatic imine (C=N–C) groups is 1. The molecule has 1 heterocycles. The summed E-state index contributed by atoms with van der Waals surface area (Å²) in [4.78, 5) is 6.70. The van der Waals surface area contributed by atoms with Crippen LogP contribution in [0.15, 0.2) is 4.99 Å². The van der Waals surface area contributed by atoms with Crippen LogP contribution in [-0.2, 0) is 0 Å². The molecule has 0 N–H and O–H groups in total. The van der Waals surface area contributed by atoms with E-state index in [1.807, 2.05) is 6.34 Å². The van der Waals surface area contributed by atoms with Gasteiger partial charge in [-0.15, -0.1) is 0 Å². The first kappa shape index (κ1) is 8.57. The second kappa shape index (κ2) is 2.23. The Morgan fingerprint density at radius 2 is 1.91 bits per heavy atom. The van der Waals surface area contributed by atoms with Crippen molar-refractivity contribution in [2.75, 3.05) is 6.54 Å². The fraction of sp³-hybridized carbons (Fsp3) is 0.889. The molecule has 0 fully saturated rings. The van der Waals surface area contributed by atoms with Crippen molar-refractivity contribution >= 4 is 6.34 Å². The molecular formula is C9H18N2. The van der Waals surface area contributed by atoms with E-state index in [-0.39, 0.29) is 11.1 Å². The smallest absolute Gasteiger partial charge is 0.0862 e. The van der Waals surface area contributed by atoms with E-state index in [0.717, 1.165) is 6.54 Å². The summed E-state index contributed by atoms with van der Waals surface area (Å²) in [5.41, 5.74) is 0.338. The Kier molecular flexibility index (Phi) is 1.73. The molecule has 2 nitrogen and oxygen atoms in total. The van der Waals surface area contributed by atoms with Gasteiger partial charge in [-0.3, -0.25) is 4.99 Å². The predicted molar refractivity (Wildman–Crippen MR) is 49.0 cm³/mol. The molecule has 0 atom stereocenters. The SMILES string of the molecule is CC1(C)CN(C(C)(C)C)C=N1. The first-order valence-corrected chi connectivity index (χ1v) is 4.13. The number of nitrogens with zero attached hydrogens (tertiary/aromatic N) is 2. The van der Waals surface area contributed by atoms with E-state index in [9.17, 15) is 0 Å². The molecule has 0 aliphatic carbocycles. The molecule has 0 saturated carbocycles. The molecule has 0 aromatic carbocycles. The maximum Gasteiger partial charge on any atom is 0.0862 e. The van der Waals surface area contributed by atoms with Crippen molar-refractivity contribution in [3.63, 3.8) is 0 Å². The van der Waals surface area contributed by atoms with Gasteiger partial charge in [0.1, 0.15) is 0 Å². The fourth-order valence-corrected chi connectivity index (χ4v) is 1.13. The first-order valence-electron chi connectivity index (χ1n) is 4.13. The molecular weight excluding hydrogens is 136 g/mol. The summed E-state index contributed by atoms with van der Waals surface area (Å²) in [6, 6.07) is 0. The van der Waals surface area contributed by atoms with Gasteiger partial charge in [-0.1, -0.05) is 0 Å².